The molecule has 0 radical (unpaired) electrons. The van der Waals surface area contributed by atoms with E-state index in [0.717, 1.165) is 31.8 Å². The molecule has 0 spiro atoms. The lowest BCUT2D eigenvalue weighted by molar-refractivity contribution is -0.123. The van der Waals surface area contributed by atoms with Crippen LogP contribution in [0, 0.1) is 11.8 Å². The average molecular weight is 348 g/mol. The Morgan fingerprint density at radius 2 is 2.17 bits per heavy atom. The van der Waals surface area contributed by atoms with E-state index in [0.29, 0.717) is 12.5 Å². The molecule has 1 fully saturated rings. The Balaban J connectivity index is 1.77. The zero-order chi connectivity index (χ0) is 17.1. The molecule has 1 aliphatic heterocycles. The molecule has 2 aromatic heterocycles. The van der Waals surface area contributed by atoms with Crippen LogP contribution in [0.25, 0.3) is 0 Å². The molecule has 1 amide bonds. The molecule has 0 saturated carbocycles. The maximum Gasteiger partial charge on any atom is 0.220 e. The number of nitrogens with two attached hydrogens (primary N) is 1. The van der Waals surface area contributed by atoms with E-state index in [4.69, 9.17) is 5.73 Å². The number of tetrazole rings is 1. The molecule has 0 aliphatic carbocycles. The monoisotopic (exact) mass is 348 g/mol. The zero-order valence-corrected chi connectivity index (χ0v) is 14.9. The molecule has 3 heterocycles. The van der Waals surface area contributed by atoms with Crippen LogP contribution in [0.5, 0.6) is 0 Å². The van der Waals surface area contributed by atoms with Gasteiger partial charge in [0, 0.05) is 10.8 Å². The predicted octanol–water partition coefficient (Wildman–Crippen LogP) is 1.68. The smallest absolute Gasteiger partial charge is 0.220 e. The third kappa shape index (κ3) is 3.64. The summed E-state index contributed by atoms with van der Waals surface area (Å²) in [7, 11) is 0. The topological polar surface area (TPSA) is 89.9 Å². The standard InChI is InChI=1S/C16H24N6OS/c1-11(2)14(21-7-5-12(6-8-21)15(17)23)16-18-19-20-22(16)10-13-4-3-9-24-13/h3-4,9,11-12,14H,5-8,10H2,1-2H3,(H2,17,23)/t14-/m1/s1. The molecule has 7 nitrogen and oxygen atoms in total. The van der Waals surface area contributed by atoms with E-state index in [-0.39, 0.29) is 17.9 Å². The molecular formula is C16H24N6OS. The van der Waals surface area contributed by atoms with E-state index >= 15 is 0 Å². The van der Waals surface area contributed by atoms with Crippen molar-refractivity contribution < 1.29 is 4.79 Å². The fraction of sp³-hybridized carbons (Fsp3) is 0.625. The summed E-state index contributed by atoms with van der Waals surface area (Å²) in [6.07, 6.45) is 1.62. The van der Waals surface area contributed by atoms with Crippen molar-refractivity contribution in [1.29, 1.82) is 0 Å². The number of hydrogen-bond acceptors (Lipinski definition) is 6. The maximum atomic E-state index is 11.4. The second-order valence-corrected chi connectivity index (χ2v) is 7.71. The summed E-state index contributed by atoms with van der Waals surface area (Å²) in [5, 5.41) is 14.5. The zero-order valence-electron chi connectivity index (χ0n) is 14.1. The molecule has 1 atom stereocenters. The molecule has 24 heavy (non-hydrogen) atoms. The summed E-state index contributed by atoms with van der Waals surface area (Å²) in [5.41, 5.74) is 5.45. The van der Waals surface area contributed by atoms with Crippen molar-refractivity contribution >= 4 is 17.2 Å². The SMILES string of the molecule is CC(C)[C@H](c1nnnn1Cc1cccs1)N1CCC(C(N)=O)CC1. The summed E-state index contributed by atoms with van der Waals surface area (Å²) in [4.78, 5) is 15.0. The number of nitrogens with zero attached hydrogens (tertiary/aromatic N) is 5. The summed E-state index contributed by atoms with van der Waals surface area (Å²) in [6.45, 7) is 6.77. The van der Waals surface area contributed by atoms with Crippen molar-refractivity contribution in [2.45, 2.75) is 39.3 Å². The summed E-state index contributed by atoms with van der Waals surface area (Å²) < 4.78 is 1.90. The fourth-order valence-electron chi connectivity index (χ4n) is 3.43. The molecule has 0 unspecified atom stereocenters. The van der Waals surface area contributed by atoms with Crippen LogP contribution < -0.4 is 5.73 Å². The van der Waals surface area contributed by atoms with Gasteiger partial charge in [-0.2, -0.15) is 0 Å². The summed E-state index contributed by atoms with van der Waals surface area (Å²) in [5.74, 6) is 1.09. The van der Waals surface area contributed by atoms with Crippen molar-refractivity contribution in [2.24, 2.45) is 17.6 Å². The van der Waals surface area contributed by atoms with E-state index in [2.05, 4.69) is 45.7 Å². The van der Waals surface area contributed by atoms with Crippen LogP contribution in [0.1, 0.15) is 43.4 Å². The van der Waals surface area contributed by atoms with Gasteiger partial charge in [0.05, 0.1) is 12.6 Å². The first-order chi connectivity index (χ1) is 11.6. The minimum absolute atomic E-state index is 0.00354. The lowest BCUT2D eigenvalue weighted by atomic mass is 9.92. The van der Waals surface area contributed by atoms with E-state index < -0.39 is 0 Å². The first-order valence-electron chi connectivity index (χ1n) is 8.38. The van der Waals surface area contributed by atoms with Crippen molar-refractivity contribution in [2.75, 3.05) is 13.1 Å². The molecule has 130 valence electrons. The number of likely N-dealkylation sites (tertiary alicyclic amines) is 1. The minimum Gasteiger partial charge on any atom is -0.369 e. The Bertz CT molecular complexity index is 660. The van der Waals surface area contributed by atoms with Crippen molar-refractivity contribution in [3.05, 3.63) is 28.2 Å². The highest BCUT2D eigenvalue weighted by Crippen LogP contribution is 2.31. The van der Waals surface area contributed by atoms with Gasteiger partial charge < -0.3 is 5.73 Å². The summed E-state index contributed by atoms with van der Waals surface area (Å²) in [6, 6.07) is 4.28. The summed E-state index contributed by atoms with van der Waals surface area (Å²) >= 11 is 1.71. The Morgan fingerprint density at radius 3 is 2.75 bits per heavy atom. The van der Waals surface area contributed by atoms with Crippen LogP contribution in [0.3, 0.4) is 0 Å². The quantitative estimate of drug-likeness (QED) is 0.858. The molecule has 8 heteroatoms. The molecule has 1 aliphatic rings. The van der Waals surface area contributed by atoms with E-state index in [1.807, 2.05) is 10.7 Å². The number of thiophene rings is 1. The van der Waals surface area contributed by atoms with Gasteiger partial charge in [-0.1, -0.05) is 19.9 Å². The van der Waals surface area contributed by atoms with Gasteiger partial charge in [-0.15, -0.1) is 16.4 Å². The Hall–Kier alpha value is -1.80. The number of carbonyl (C=O) groups is 1. The normalized spacial score (nSPS) is 18.1. The molecule has 2 aromatic rings. The highest BCUT2D eigenvalue weighted by atomic mass is 32.1. The Kier molecular flexibility index (Phi) is 5.25. The van der Waals surface area contributed by atoms with Gasteiger partial charge >= 0.3 is 0 Å². The van der Waals surface area contributed by atoms with Gasteiger partial charge in [0.2, 0.25) is 5.91 Å². The number of aromatic nitrogens is 4. The van der Waals surface area contributed by atoms with Crippen LogP contribution >= 0.6 is 11.3 Å². The van der Waals surface area contributed by atoms with E-state index in [9.17, 15) is 4.79 Å². The Morgan fingerprint density at radius 1 is 1.42 bits per heavy atom. The highest BCUT2D eigenvalue weighted by Gasteiger charge is 2.33. The van der Waals surface area contributed by atoms with Gasteiger partial charge in [0.15, 0.2) is 5.82 Å². The number of piperidine rings is 1. The molecular weight excluding hydrogens is 324 g/mol. The second-order valence-electron chi connectivity index (χ2n) is 6.68. The number of amides is 1. The predicted molar refractivity (Wildman–Crippen MR) is 92.3 cm³/mol. The van der Waals surface area contributed by atoms with Crippen molar-refractivity contribution in [3.63, 3.8) is 0 Å². The van der Waals surface area contributed by atoms with Gasteiger partial charge in [-0.3, -0.25) is 9.69 Å². The first-order valence-corrected chi connectivity index (χ1v) is 9.26. The van der Waals surface area contributed by atoms with Crippen molar-refractivity contribution in [1.82, 2.24) is 25.1 Å². The van der Waals surface area contributed by atoms with Gasteiger partial charge in [-0.25, -0.2) is 4.68 Å². The molecule has 0 aromatic carbocycles. The van der Waals surface area contributed by atoms with E-state index in [1.54, 1.807) is 11.3 Å². The first kappa shape index (κ1) is 17.0. The van der Waals surface area contributed by atoms with Gasteiger partial charge in [0.1, 0.15) is 0 Å². The number of rotatable bonds is 6. The molecule has 3 rings (SSSR count). The largest absolute Gasteiger partial charge is 0.369 e. The Labute approximate surface area is 145 Å². The van der Waals surface area contributed by atoms with Crippen LogP contribution in [0.2, 0.25) is 0 Å². The molecule has 0 bridgehead atoms. The third-order valence-corrected chi connectivity index (χ3v) is 5.53. The van der Waals surface area contributed by atoms with Crippen LogP contribution in [-0.2, 0) is 11.3 Å². The lowest BCUT2D eigenvalue weighted by Crippen LogP contribution is -2.42. The van der Waals surface area contributed by atoms with Gasteiger partial charge in [0.25, 0.3) is 0 Å². The lowest BCUT2D eigenvalue weighted by Gasteiger charge is -2.37. The fourth-order valence-corrected chi connectivity index (χ4v) is 4.12. The number of primary amides is 1. The molecule has 1 saturated heterocycles. The number of hydrogen-bond donors (Lipinski definition) is 1. The van der Waals surface area contributed by atoms with Gasteiger partial charge in [-0.05, 0) is 53.7 Å². The minimum atomic E-state index is -0.182. The molecule has 2 N–H and O–H groups in total. The van der Waals surface area contributed by atoms with Crippen LogP contribution in [0.15, 0.2) is 17.5 Å². The van der Waals surface area contributed by atoms with Crippen LogP contribution in [-0.4, -0.2) is 44.1 Å². The maximum absolute atomic E-state index is 11.4. The average Bonchev–Trinajstić information content (AvgIpc) is 3.21. The number of carbonyl (C=O) groups excluding carboxylic acids is 1. The second kappa shape index (κ2) is 7.40. The van der Waals surface area contributed by atoms with Crippen LogP contribution in [0.4, 0.5) is 0 Å². The third-order valence-electron chi connectivity index (χ3n) is 4.67. The highest BCUT2D eigenvalue weighted by molar-refractivity contribution is 7.09. The van der Waals surface area contributed by atoms with E-state index in [1.165, 1.54) is 4.88 Å². The van der Waals surface area contributed by atoms with Crippen molar-refractivity contribution in [3.8, 4) is 0 Å².